The number of benzene rings is 1. The number of para-hydroxylation sites is 1. The maximum absolute atomic E-state index is 12.9. The van der Waals surface area contributed by atoms with E-state index in [4.69, 9.17) is 0 Å². The topological polar surface area (TPSA) is 37.4 Å². The number of halogens is 1. The molecular formula is C18H16BrNO2. The second-order valence-electron chi connectivity index (χ2n) is 6.41. The molecule has 1 aromatic carbocycles. The molecule has 0 aromatic heterocycles. The van der Waals surface area contributed by atoms with Crippen LogP contribution in [-0.4, -0.2) is 11.8 Å². The SMILES string of the molecule is CC(C)=C1[C@@H]2C=C[C@@H]1[C@H]1C(=O)N(c3ccccc3Br)C(=O)[C@@H]12. The number of hydrogen-bond acceptors (Lipinski definition) is 2. The minimum Gasteiger partial charge on any atom is -0.274 e. The Balaban J connectivity index is 1.80. The summed E-state index contributed by atoms with van der Waals surface area (Å²) in [7, 11) is 0. The van der Waals surface area contributed by atoms with E-state index in [1.165, 1.54) is 16.0 Å². The van der Waals surface area contributed by atoms with E-state index in [2.05, 4.69) is 41.9 Å². The number of carbonyl (C=O) groups excluding carboxylic acids is 2. The van der Waals surface area contributed by atoms with E-state index in [0.717, 1.165) is 4.47 Å². The summed E-state index contributed by atoms with van der Waals surface area (Å²) in [4.78, 5) is 27.3. The van der Waals surface area contributed by atoms with Crippen molar-refractivity contribution in [3.8, 4) is 0 Å². The van der Waals surface area contributed by atoms with Gasteiger partial charge in [0, 0.05) is 16.3 Å². The Morgan fingerprint density at radius 1 is 1.00 bits per heavy atom. The van der Waals surface area contributed by atoms with Crippen molar-refractivity contribution in [3.63, 3.8) is 0 Å². The molecule has 2 fully saturated rings. The van der Waals surface area contributed by atoms with E-state index < -0.39 is 0 Å². The van der Waals surface area contributed by atoms with Gasteiger partial charge in [0.25, 0.3) is 0 Å². The van der Waals surface area contributed by atoms with Crippen LogP contribution < -0.4 is 4.90 Å². The lowest BCUT2D eigenvalue weighted by Crippen LogP contribution is -2.33. The van der Waals surface area contributed by atoms with E-state index >= 15 is 0 Å². The average Bonchev–Trinajstić information content (AvgIpc) is 3.11. The number of nitrogens with zero attached hydrogens (tertiary/aromatic N) is 1. The van der Waals surface area contributed by atoms with Crippen molar-refractivity contribution < 1.29 is 9.59 Å². The maximum atomic E-state index is 12.9. The van der Waals surface area contributed by atoms with Crippen molar-refractivity contribution in [2.45, 2.75) is 13.8 Å². The Hall–Kier alpha value is -1.68. The Labute approximate surface area is 137 Å². The first-order valence-corrected chi connectivity index (χ1v) is 8.29. The largest absolute Gasteiger partial charge is 0.274 e. The molecular weight excluding hydrogens is 342 g/mol. The lowest BCUT2D eigenvalue weighted by Gasteiger charge is -2.20. The van der Waals surface area contributed by atoms with Crippen molar-refractivity contribution in [1.29, 1.82) is 0 Å². The summed E-state index contributed by atoms with van der Waals surface area (Å²) < 4.78 is 0.777. The van der Waals surface area contributed by atoms with Crippen LogP contribution in [0.25, 0.3) is 0 Å². The molecule has 1 heterocycles. The summed E-state index contributed by atoms with van der Waals surface area (Å²) in [6, 6.07) is 7.41. The Kier molecular flexibility index (Phi) is 2.95. The summed E-state index contributed by atoms with van der Waals surface area (Å²) in [5.74, 6) is -0.359. The van der Waals surface area contributed by atoms with Gasteiger partial charge in [0.2, 0.25) is 11.8 Å². The molecule has 1 saturated heterocycles. The fourth-order valence-electron chi connectivity index (χ4n) is 4.30. The van der Waals surface area contributed by atoms with Gasteiger partial charge in [-0.3, -0.25) is 9.59 Å². The first kappa shape index (κ1) is 13.9. The highest BCUT2D eigenvalue weighted by atomic mass is 79.9. The fourth-order valence-corrected chi connectivity index (χ4v) is 4.76. The van der Waals surface area contributed by atoms with Gasteiger partial charge in [-0.1, -0.05) is 35.4 Å². The zero-order chi connectivity index (χ0) is 15.6. The summed E-state index contributed by atoms with van der Waals surface area (Å²) in [6.07, 6.45) is 4.23. The molecule has 0 spiro atoms. The highest BCUT2D eigenvalue weighted by Crippen LogP contribution is 2.57. The first-order chi connectivity index (χ1) is 10.5. The molecule has 4 rings (SSSR count). The summed E-state index contributed by atoms with van der Waals surface area (Å²) in [6.45, 7) is 4.15. The molecule has 4 atom stereocenters. The monoisotopic (exact) mass is 357 g/mol. The van der Waals surface area contributed by atoms with E-state index in [1.54, 1.807) is 0 Å². The van der Waals surface area contributed by atoms with Crippen molar-refractivity contribution >= 4 is 33.4 Å². The van der Waals surface area contributed by atoms with Gasteiger partial charge in [0.05, 0.1) is 17.5 Å². The van der Waals surface area contributed by atoms with Crippen LogP contribution in [0, 0.1) is 23.7 Å². The zero-order valence-corrected chi connectivity index (χ0v) is 14.0. The summed E-state index contributed by atoms with van der Waals surface area (Å²) >= 11 is 3.45. The molecule has 22 heavy (non-hydrogen) atoms. The quantitative estimate of drug-likeness (QED) is 0.567. The molecule has 112 valence electrons. The number of amides is 2. The second kappa shape index (κ2) is 4.66. The Bertz CT molecular complexity index is 726. The number of rotatable bonds is 1. The predicted molar refractivity (Wildman–Crippen MR) is 88.1 cm³/mol. The van der Waals surface area contributed by atoms with Crippen molar-refractivity contribution in [2.24, 2.45) is 23.7 Å². The third-order valence-electron chi connectivity index (χ3n) is 5.09. The predicted octanol–water partition coefficient (Wildman–Crippen LogP) is 3.71. The van der Waals surface area contributed by atoms with E-state index in [0.29, 0.717) is 5.69 Å². The Morgan fingerprint density at radius 2 is 1.55 bits per heavy atom. The lowest BCUT2D eigenvalue weighted by molar-refractivity contribution is -0.122. The van der Waals surface area contributed by atoms with Gasteiger partial charge in [-0.15, -0.1) is 0 Å². The van der Waals surface area contributed by atoms with E-state index in [9.17, 15) is 9.59 Å². The minimum atomic E-state index is -0.223. The fraction of sp³-hybridized carbons (Fsp3) is 0.333. The third kappa shape index (κ3) is 1.62. The highest BCUT2D eigenvalue weighted by molar-refractivity contribution is 9.10. The van der Waals surface area contributed by atoms with Crippen LogP contribution in [0.2, 0.25) is 0 Å². The second-order valence-corrected chi connectivity index (χ2v) is 7.26. The number of allylic oxidation sites excluding steroid dienone is 4. The summed E-state index contributed by atoms with van der Waals surface area (Å²) in [5, 5.41) is 0. The molecule has 3 aliphatic rings. The van der Waals surface area contributed by atoms with Crippen LogP contribution in [0.4, 0.5) is 5.69 Å². The number of carbonyl (C=O) groups is 2. The Morgan fingerprint density at radius 3 is 2.05 bits per heavy atom. The normalized spacial score (nSPS) is 32.1. The standard InChI is InChI=1S/C18H16BrNO2/c1-9(2)14-10-7-8-11(14)16-15(10)17(21)20(18(16)22)13-6-4-3-5-12(13)19/h3-8,10-11,15-16H,1-2H3/t10-,11-,15+,16+/m0/s1. The van der Waals surface area contributed by atoms with Gasteiger partial charge in [-0.05, 0) is 41.9 Å². The number of imide groups is 1. The van der Waals surface area contributed by atoms with Crippen LogP contribution in [0.5, 0.6) is 0 Å². The number of anilines is 1. The smallest absolute Gasteiger partial charge is 0.238 e. The molecule has 0 radical (unpaired) electrons. The molecule has 2 amide bonds. The van der Waals surface area contributed by atoms with Gasteiger partial charge in [-0.25, -0.2) is 4.90 Å². The molecule has 1 aromatic rings. The van der Waals surface area contributed by atoms with Crippen LogP contribution >= 0.6 is 15.9 Å². The summed E-state index contributed by atoms with van der Waals surface area (Å²) in [5.41, 5.74) is 3.18. The maximum Gasteiger partial charge on any atom is 0.238 e. The number of fused-ring (bicyclic) bond motifs is 5. The number of hydrogen-bond donors (Lipinski definition) is 0. The van der Waals surface area contributed by atoms with Crippen molar-refractivity contribution in [2.75, 3.05) is 4.90 Å². The molecule has 4 heteroatoms. The molecule has 1 saturated carbocycles. The lowest BCUT2D eigenvalue weighted by atomic mass is 9.85. The zero-order valence-electron chi connectivity index (χ0n) is 12.4. The van der Waals surface area contributed by atoms with Gasteiger partial charge in [0.15, 0.2) is 0 Å². The van der Waals surface area contributed by atoms with Gasteiger partial charge in [0.1, 0.15) is 0 Å². The minimum absolute atomic E-state index is 0.0579. The molecule has 2 bridgehead atoms. The molecule has 1 aliphatic heterocycles. The van der Waals surface area contributed by atoms with Crippen LogP contribution in [0.15, 0.2) is 52.0 Å². The van der Waals surface area contributed by atoms with E-state index in [-0.39, 0.29) is 35.5 Å². The van der Waals surface area contributed by atoms with Gasteiger partial charge < -0.3 is 0 Å². The molecule has 2 aliphatic carbocycles. The molecule has 0 N–H and O–H groups in total. The molecule has 0 unspecified atom stereocenters. The molecule has 3 nitrogen and oxygen atoms in total. The third-order valence-corrected chi connectivity index (χ3v) is 5.76. The highest BCUT2D eigenvalue weighted by Gasteiger charge is 2.62. The average molecular weight is 358 g/mol. The van der Waals surface area contributed by atoms with Crippen molar-refractivity contribution in [3.05, 3.63) is 52.0 Å². The van der Waals surface area contributed by atoms with E-state index in [1.807, 2.05) is 24.3 Å². The van der Waals surface area contributed by atoms with Crippen LogP contribution in [0.1, 0.15) is 13.8 Å². The van der Waals surface area contributed by atoms with Gasteiger partial charge in [-0.2, -0.15) is 0 Å². The van der Waals surface area contributed by atoms with Crippen molar-refractivity contribution in [1.82, 2.24) is 0 Å². The van der Waals surface area contributed by atoms with Gasteiger partial charge >= 0.3 is 0 Å². The van der Waals surface area contributed by atoms with Crippen LogP contribution in [0.3, 0.4) is 0 Å². The first-order valence-electron chi connectivity index (χ1n) is 7.50. The van der Waals surface area contributed by atoms with Crippen LogP contribution in [-0.2, 0) is 9.59 Å².